The second-order valence-corrected chi connectivity index (χ2v) is 4.67. The minimum absolute atomic E-state index is 0.327. The molecule has 1 aliphatic heterocycles. The SMILES string of the molecule is COC(=O)c1ccccc1C1=NCCc2ccccc21. The van der Waals surface area contributed by atoms with Gasteiger partial charge in [0.25, 0.3) is 0 Å². The van der Waals surface area contributed by atoms with Crippen LogP contribution in [0.25, 0.3) is 0 Å². The van der Waals surface area contributed by atoms with Crippen molar-refractivity contribution >= 4 is 11.7 Å². The van der Waals surface area contributed by atoms with Crippen molar-refractivity contribution in [3.05, 3.63) is 70.8 Å². The number of ether oxygens (including phenoxy) is 1. The Labute approximate surface area is 117 Å². The Morgan fingerprint density at radius 3 is 2.55 bits per heavy atom. The van der Waals surface area contributed by atoms with Gasteiger partial charge in [0, 0.05) is 17.7 Å². The zero-order chi connectivity index (χ0) is 13.9. The Morgan fingerprint density at radius 1 is 1.05 bits per heavy atom. The van der Waals surface area contributed by atoms with Crippen molar-refractivity contribution in [2.75, 3.05) is 13.7 Å². The zero-order valence-electron chi connectivity index (χ0n) is 11.3. The molecule has 0 unspecified atom stereocenters. The zero-order valence-corrected chi connectivity index (χ0v) is 11.3. The summed E-state index contributed by atoms with van der Waals surface area (Å²) >= 11 is 0. The van der Waals surface area contributed by atoms with Crippen LogP contribution in [0.5, 0.6) is 0 Å². The summed E-state index contributed by atoms with van der Waals surface area (Å²) in [7, 11) is 1.40. The van der Waals surface area contributed by atoms with Gasteiger partial charge in [0.1, 0.15) is 0 Å². The number of hydrogen-bond acceptors (Lipinski definition) is 3. The van der Waals surface area contributed by atoms with Crippen LogP contribution in [0.3, 0.4) is 0 Å². The molecule has 0 saturated heterocycles. The van der Waals surface area contributed by atoms with E-state index in [-0.39, 0.29) is 5.97 Å². The molecule has 0 N–H and O–H groups in total. The molecule has 3 heteroatoms. The molecular formula is C17H15NO2. The first kappa shape index (κ1) is 12.6. The molecule has 0 bridgehead atoms. The maximum absolute atomic E-state index is 11.9. The quantitative estimate of drug-likeness (QED) is 0.783. The van der Waals surface area contributed by atoms with Gasteiger partial charge >= 0.3 is 5.97 Å². The molecule has 2 aromatic carbocycles. The molecule has 100 valence electrons. The highest BCUT2D eigenvalue weighted by molar-refractivity contribution is 6.18. The third-order valence-corrected chi connectivity index (χ3v) is 3.51. The predicted molar refractivity (Wildman–Crippen MR) is 78.4 cm³/mol. The first-order chi connectivity index (χ1) is 9.81. The number of carbonyl (C=O) groups excluding carboxylic acids is 1. The van der Waals surface area contributed by atoms with Crippen LogP contribution in [0.15, 0.2) is 53.5 Å². The van der Waals surface area contributed by atoms with Gasteiger partial charge in [-0.2, -0.15) is 0 Å². The van der Waals surface area contributed by atoms with Gasteiger partial charge in [-0.3, -0.25) is 4.99 Å². The number of esters is 1. The molecule has 0 amide bonds. The monoisotopic (exact) mass is 265 g/mol. The van der Waals surface area contributed by atoms with Crippen LogP contribution in [0.4, 0.5) is 0 Å². The van der Waals surface area contributed by atoms with E-state index in [4.69, 9.17) is 4.74 Å². The first-order valence-corrected chi connectivity index (χ1v) is 6.61. The van der Waals surface area contributed by atoms with Crippen molar-refractivity contribution in [2.24, 2.45) is 4.99 Å². The molecule has 0 aliphatic carbocycles. The maximum atomic E-state index is 11.9. The standard InChI is InChI=1S/C17H15NO2/c1-20-17(19)15-9-5-4-8-14(15)16-13-7-3-2-6-12(13)10-11-18-16/h2-9H,10-11H2,1H3. The fraction of sp³-hybridized carbons (Fsp3) is 0.176. The third-order valence-electron chi connectivity index (χ3n) is 3.51. The average molecular weight is 265 g/mol. The number of methoxy groups -OCH3 is 1. The molecular weight excluding hydrogens is 250 g/mol. The Morgan fingerprint density at radius 2 is 1.75 bits per heavy atom. The number of aliphatic imine (C=N–C) groups is 1. The molecule has 3 nitrogen and oxygen atoms in total. The van der Waals surface area contributed by atoms with Crippen molar-refractivity contribution in [1.82, 2.24) is 0 Å². The lowest BCUT2D eigenvalue weighted by molar-refractivity contribution is 0.0600. The third kappa shape index (κ3) is 2.11. The van der Waals surface area contributed by atoms with Crippen LogP contribution in [-0.2, 0) is 11.2 Å². The molecule has 0 aromatic heterocycles. The Balaban J connectivity index is 2.15. The first-order valence-electron chi connectivity index (χ1n) is 6.61. The van der Waals surface area contributed by atoms with Gasteiger partial charge in [-0.15, -0.1) is 0 Å². The lowest BCUT2D eigenvalue weighted by Gasteiger charge is -2.18. The van der Waals surface area contributed by atoms with Gasteiger partial charge in [-0.1, -0.05) is 42.5 Å². The summed E-state index contributed by atoms with van der Waals surface area (Å²) in [5.74, 6) is -0.327. The van der Waals surface area contributed by atoms with Crippen molar-refractivity contribution in [2.45, 2.75) is 6.42 Å². The summed E-state index contributed by atoms with van der Waals surface area (Å²) in [6.07, 6.45) is 0.945. The molecule has 2 aromatic rings. The van der Waals surface area contributed by atoms with Gasteiger partial charge in [0.05, 0.1) is 18.4 Å². The molecule has 20 heavy (non-hydrogen) atoms. The Kier molecular flexibility index (Phi) is 3.33. The summed E-state index contributed by atoms with van der Waals surface area (Å²) in [6.45, 7) is 0.752. The second kappa shape index (κ2) is 5.29. The van der Waals surface area contributed by atoms with Crippen LogP contribution >= 0.6 is 0 Å². The number of carbonyl (C=O) groups is 1. The largest absolute Gasteiger partial charge is 0.465 e. The highest BCUT2D eigenvalue weighted by Gasteiger charge is 2.20. The fourth-order valence-electron chi connectivity index (χ4n) is 2.55. The lowest BCUT2D eigenvalue weighted by atomic mass is 9.91. The van der Waals surface area contributed by atoms with Gasteiger partial charge in [-0.05, 0) is 18.1 Å². The number of fused-ring (bicyclic) bond motifs is 1. The van der Waals surface area contributed by atoms with Gasteiger partial charge in [-0.25, -0.2) is 4.79 Å². The average Bonchev–Trinajstić information content (AvgIpc) is 2.53. The van der Waals surface area contributed by atoms with E-state index >= 15 is 0 Å². The predicted octanol–water partition coefficient (Wildman–Crippen LogP) is 2.87. The normalized spacial score (nSPS) is 13.3. The van der Waals surface area contributed by atoms with E-state index in [1.54, 1.807) is 6.07 Å². The molecule has 3 rings (SSSR count). The molecule has 0 fully saturated rings. The van der Waals surface area contributed by atoms with Crippen LogP contribution in [0, 0.1) is 0 Å². The number of benzene rings is 2. The van der Waals surface area contributed by atoms with Gasteiger partial charge in [0.2, 0.25) is 0 Å². The van der Waals surface area contributed by atoms with Crippen LogP contribution < -0.4 is 0 Å². The van der Waals surface area contributed by atoms with E-state index in [2.05, 4.69) is 17.1 Å². The van der Waals surface area contributed by atoms with E-state index in [1.165, 1.54) is 12.7 Å². The van der Waals surface area contributed by atoms with E-state index in [9.17, 15) is 4.79 Å². The van der Waals surface area contributed by atoms with E-state index in [0.717, 1.165) is 29.8 Å². The van der Waals surface area contributed by atoms with Crippen molar-refractivity contribution in [3.63, 3.8) is 0 Å². The Hall–Kier alpha value is -2.42. The summed E-state index contributed by atoms with van der Waals surface area (Å²) in [5, 5.41) is 0. The Bertz CT molecular complexity index is 689. The molecule has 0 atom stereocenters. The number of hydrogen-bond donors (Lipinski definition) is 0. The van der Waals surface area contributed by atoms with E-state index < -0.39 is 0 Å². The molecule has 1 heterocycles. The van der Waals surface area contributed by atoms with Gasteiger partial charge in [0.15, 0.2) is 0 Å². The van der Waals surface area contributed by atoms with E-state index in [1.807, 2.05) is 30.3 Å². The summed E-state index contributed by atoms with van der Waals surface area (Å²) in [5.41, 5.74) is 4.66. The number of rotatable bonds is 2. The second-order valence-electron chi connectivity index (χ2n) is 4.67. The van der Waals surface area contributed by atoms with Gasteiger partial charge < -0.3 is 4.74 Å². The van der Waals surface area contributed by atoms with Crippen molar-refractivity contribution < 1.29 is 9.53 Å². The maximum Gasteiger partial charge on any atom is 0.338 e. The smallest absolute Gasteiger partial charge is 0.338 e. The van der Waals surface area contributed by atoms with Crippen LogP contribution in [0.1, 0.15) is 27.0 Å². The highest BCUT2D eigenvalue weighted by Crippen LogP contribution is 2.22. The summed E-state index contributed by atoms with van der Waals surface area (Å²) in [6, 6.07) is 15.7. The molecule has 1 aliphatic rings. The number of nitrogens with zero attached hydrogens (tertiary/aromatic N) is 1. The minimum atomic E-state index is -0.327. The molecule has 0 saturated carbocycles. The fourth-order valence-corrected chi connectivity index (χ4v) is 2.55. The molecule has 0 radical (unpaired) electrons. The highest BCUT2D eigenvalue weighted by atomic mass is 16.5. The van der Waals surface area contributed by atoms with Crippen LogP contribution in [0.2, 0.25) is 0 Å². The van der Waals surface area contributed by atoms with E-state index in [0.29, 0.717) is 5.56 Å². The molecule has 0 spiro atoms. The lowest BCUT2D eigenvalue weighted by Crippen LogP contribution is -2.17. The van der Waals surface area contributed by atoms with Crippen LogP contribution in [-0.4, -0.2) is 25.3 Å². The minimum Gasteiger partial charge on any atom is -0.465 e. The van der Waals surface area contributed by atoms with Crippen molar-refractivity contribution in [1.29, 1.82) is 0 Å². The van der Waals surface area contributed by atoms with Crippen molar-refractivity contribution in [3.8, 4) is 0 Å². The topological polar surface area (TPSA) is 38.7 Å². The summed E-state index contributed by atoms with van der Waals surface area (Å²) in [4.78, 5) is 16.5. The summed E-state index contributed by atoms with van der Waals surface area (Å²) < 4.78 is 4.86.